The van der Waals surface area contributed by atoms with Gasteiger partial charge in [-0.15, -0.1) is 0 Å². The zero-order valence-electron chi connectivity index (χ0n) is 15.4. The molecule has 0 saturated carbocycles. The predicted octanol–water partition coefficient (Wildman–Crippen LogP) is 4.58. The van der Waals surface area contributed by atoms with Crippen LogP contribution in [-0.2, 0) is 16.1 Å². The molecule has 0 aliphatic carbocycles. The lowest BCUT2D eigenvalue weighted by Crippen LogP contribution is -2.17. The molecular formula is C23H22O4. The predicted molar refractivity (Wildman–Crippen MR) is 104 cm³/mol. The molecule has 0 radical (unpaired) electrons. The Labute approximate surface area is 159 Å². The van der Waals surface area contributed by atoms with Crippen molar-refractivity contribution in [3.8, 4) is 11.5 Å². The van der Waals surface area contributed by atoms with E-state index in [9.17, 15) is 4.79 Å². The van der Waals surface area contributed by atoms with Crippen LogP contribution in [-0.4, -0.2) is 20.2 Å². The van der Waals surface area contributed by atoms with Gasteiger partial charge in [0.25, 0.3) is 0 Å². The number of carbonyl (C=O) groups excluding carboxylic acids is 1. The first-order valence-electron chi connectivity index (χ1n) is 8.70. The number of rotatable bonds is 7. The van der Waals surface area contributed by atoms with Crippen molar-refractivity contribution in [2.45, 2.75) is 12.5 Å². The van der Waals surface area contributed by atoms with E-state index < -0.39 is 5.92 Å². The molecular weight excluding hydrogens is 340 g/mol. The van der Waals surface area contributed by atoms with Gasteiger partial charge in [-0.3, -0.25) is 4.79 Å². The Hall–Kier alpha value is -3.27. The highest BCUT2D eigenvalue weighted by Gasteiger charge is 2.24. The molecule has 3 aromatic rings. The smallest absolute Gasteiger partial charge is 0.318 e. The quantitative estimate of drug-likeness (QED) is 0.577. The van der Waals surface area contributed by atoms with Crippen LogP contribution in [0.5, 0.6) is 11.5 Å². The fourth-order valence-electron chi connectivity index (χ4n) is 2.98. The van der Waals surface area contributed by atoms with Gasteiger partial charge in [0.05, 0.1) is 14.2 Å². The fraction of sp³-hybridized carbons (Fsp3) is 0.174. The molecule has 0 N–H and O–H groups in total. The van der Waals surface area contributed by atoms with Gasteiger partial charge in [-0.2, -0.15) is 0 Å². The van der Waals surface area contributed by atoms with Crippen molar-refractivity contribution in [2.75, 3.05) is 14.2 Å². The number of hydrogen-bond donors (Lipinski definition) is 0. The van der Waals surface area contributed by atoms with E-state index in [1.54, 1.807) is 26.4 Å². The summed E-state index contributed by atoms with van der Waals surface area (Å²) in [6, 6.07) is 24.7. The lowest BCUT2D eigenvalue weighted by molar-refractivity contribution is -0.145. The van der Waals surface area contributed by atoms with Crippen LogP contribution in [0.4, 0.5) is 0 Å². The molecule has 0 aromatic heterocycles. The Balaban J connectivity index is 1.84. The molecule has 0 atom stereocenters. The van der Waals surface area contributed by atoms with Crippen LogP contribution in [0.2, 0.25) is 0 Å². The number of methoxy groups -OCH3 is 2. The van der Waals surface area contributed by atoms with Gasteiger partial charge in [0.1, 0.15) is 24.0 Å². The van der Waals surface area contributed by atoms with Crippen molar-refractivity contribution >= 4 is 5.97 Å². The highest BCUT2D eigenvalue weighted by atomic mass is 16.5. The third-order valence-electron chi connectivity index (χ3n) is 4.36. The molecule has 0 aliphatic rings. The summed E-state index contributed by atoms with van der Waals surface area (Å²) >= 11 is 0. The molecule has 4 nitrogen and oxygen atoms in total. The molecule has 0 saturated heterocycles. The maximum atomic E-state index is 13.0. The molecule has 0 amide bonds. The number of hydrogen-bond acceptors (Lipinski definition) is 4. The van der Waals surface area contributed by atoms with Gasteiger partial charge in [0.2, 0.25) is 0 Å². The molecule has 4 heteroatoms. The molecule has 0 spiro atoms. The summed E-state index contributed by atoms with van der Waals surface area (Å²) < 4.78 is 16.3. The van der Waals surface area contributed by atoms with E-state index in [1.165, 1.54) is 0 Å². The van der Waals surface area contributed by atoms with Crippen molar-refractivity contribution in [3.05, 3.63) is 95.6 Å². The van der Waals surface area contributed by atoms with Crippen molar-refractivity contribution in [2.24, 2.45) is 0 Å². The van der Waals surface area contributed by atoms with Crippen molar-refractivity contribution < 1.29 is 19.0 Å². The molecule has 0 aliphatic heterocycles. The molecule has 0 unspecified atom stereocenters. The molecule has 138 valence electrons. The highest BCUT2D eigenvalue weighted by Crippen LogP contribution is 2.28. The minimum absolute atomic E-state index is 0.107. The highest BCUT2D eigenvalue weighted by molar-refractivity contribution is 5.82. The summed E-state index contributed by atoms with van der Waals surface area (Å²) in [5.74, 6) is 0.547. The SMILES string of the molecule is COc1ccc(OC)c(COC(=O)C(c2ccccc2)c2ccccc2)c1. The van der Waals surface area contributed by atoms with Gasteiger partial charge in [-0.05, 0) is 29.3 Å². The Morgan fingerprint density at radius 3 is 1.93 bits per heavy atom. The summed E-state index contributed by atoms with van der Waals surface area (Å²) in [6.07, 6.45) is 0. The van der Waals surface area contributed by atoms with Gasteiger partial charge >= 0.3 is 5.97 Å². The van der Waals surface area contributed by atoms with Gasteiger partial charge < -0.3 is 14.2 Å². The van der Waals surface area contributed by atoms with Gasteiger partial charge in [-0.25, -0.2) is 0 Å². The number of carbonyl (C=O) groups is 1. The zero-order chi connectivity index (χ0) is 19.1. The van der Waals surface area contributed by atoms with E-state index in [0.717, 1.165) is 16.7 Å². The average molecular weight is 362 g/mol. The standard InChI is InChI=1S/C23H22O4/c1-25-20-13-14-21(26-2)19(15-20)16-27-23(24)22(17-9-5-3-6-10-17)18-11-7-4-8-12-18/h3-15,22H,16H2,1-2H3. The maximum Gasteiger partial charge on any atom is 0.318 e. The molecule has 0 bridgehead atoms. The van der Waals surface area contributed by atoms with Gasteiger partial charge in [0, 0.05) is 5.56 Å². The van der Waals surface area contributed by atoms with Gasteiger partial charge in [-0.1, -0.05) is 60.7 Å². The maximum absolute atomic E-state index is 13.0. The summed E-state index contributed by atoms with van der Waals surface area (Å²) in [7, 11) is 3.18. The molecule has 27 heavy (non-hydrogen) atoms. The van der Waals surface area contributed by atoms with E-state index in [2.05, 4.69) is 0 Å². The van der Waals surface area contributed by atoms with Crippen LogP contribution < -0.4 is 9.47 Å². The van der Waals surface area contributed by atoms with Crippen molar-refractivity contribution in [1.29, 1.82) is 0 Å². The Kier molecular flexibility index (Phi) is 6.10. The summed E-state index contributed by atoms with van der Waals surface area (Å²) in [4.78, 5) is 13.0. The average Bonchev–Trinajstić information content (AvgIpc) is 2.73. The minimum Gasteiger partial charge on any atom is -0.497 e. The summed E-state index contributed by atoms with van der Waals surface area (Å²) in [5.41, 5.74) is 2.54. The molecule has 3 rings (SSSR count). The minimum atomic E-state index is -0.482. The van der Waals surface area contributed by atoms with Crippen LogP contribution in [0, 0.1) is 0 Å². The van der Waals surface area contributed by atoms with Gasteiger partial charge in [0.15, 0.2) is 0 Å². The van der Waals surface area contributed by atoms with Crippen molar-refractivity contribution in [3.63, 3.8) is 0 Å². The zero-order valence-corrected chi connectivity index (χ0v) is 15.4. The first kappa shape index (κ1) is 18.5. The van der Waals surface area contributed by atoms with E-state index in [1.807, 2.05) is 66.7 Å². The van der Waals surface area contributed by atoms with Crippen LogP contribution in [0.25, 0.3) is 0 Å². The normalized spacial score (nSPS) is 10.5. The number of ether oxygens (including phenoxy) is 3. The third kappa shape index (κ3) is 4.47. The van der Waals surface area contributed by atoms with E-state index in [4.69, 9.17) is 14.2 Å². The van der Waals surface area contributed by atoms with E-state index in [-0.39, 0.29) is 12.6 Å². The lowest BCUT2D eigenvalue weighted by Gasteiger charge is -2.18. The van der Waals surface area contributed by atoms with Crippen LogP contribution in [0.3, 0.4) is 0 Å². The van der Waals surface area contributed by atoms with Crippen LogP contribution in [0.1, 0.15) is 22.6 Å². The van der Waals surface area contributed by atoms with Crippen molar-refractivity contribution in [1.82, 2.24) is 0 Å². The lowest BCUT2D eigenvalue weighted by atomic mass is 9.91. The first-order chi connectivity index (χ1) is 13.2. The second kappa shape index (κ2) is 8.90. The van der Waals surface area contributed by atoms with Crippen LogP contribution in [0.15, 0.2) is 78.9 Å². The number of esters is 1. The fourth-order valence-corrected chi connectivity index (χ4v) is 2.98. The second-order valence-corrected chi connectivity index (χ2v) is 6.04. The summed E-state index contributed by atoms with van der Waals surface area (Å²) in [6.45, 7) is 0.107. The van der Waals surface area contributed by atoms with E-state index >= 15 is 0 Å². The Morgan fingerprint density at radius 1 is 0.815 bits per heavy atom. The molecule has 3 aromatic carbocycles. The number of benzene rings is 3. The molecule has 0 heterocycles. The monoisotopic (exact) mass is 362 g/mol. The topological polar surface area (TPSA) is 44.8 Å². The van der Waals surface area contributed by atoms with Crippen LogP contribution >= 0.6 is 0 Å². The Morgan fingerprint density at radius 2 is 1.41 bits per heavy atom. The van der Waals surface area contributed by atoms with E-state index in [0.29, 0.717) is 11.5 Å². The largest absolute Gasteiger partial charge is 0.497 e. The Bertz CT molecular complexity index is 836. The summed E-state index contributed by atoms with van der Waals surface area (Å²) in [5, 5.41) is 0. The second-order valence-electron chi connectivity index (χ2n) is 6.04. The first-order valence-corrected chi connectivity index (χ1v) is 8.70. The third-order valence-corrected chi connectivity index (χ3v) is 4.36. The molecule has 0 fully saturated rings.